The Kier molecular flexibility index (Phi) is 5.25. The lowest BCUT2D eigenvalue weighted by Gasteiger charge is -2.22. The molecule has 0 fully saturated rings. The second kappa shape index (κ2) is 6.50. The maximum atomic E-state index is 5.68. The molecule has 1 heterocycles. The Hall–Kier alpha value is -0.970. The zero-order valence-corrected chi connectivity index (χ0v) is 9.22. The summed E-state index contributed by atoms with van der Waals surface area (Å²) in [6.07, 6.45) is 2.28. The van der Waals surface area contributed by atoms with Crippen molar-refractivity contribution < 1.29 is 9.47 Å². The topological polar surface area (TPSA) is 57.4 Å². The van der Waals surface area contributed by atoms with Gasteiger partial charge >= 0.3 is 0 Å². The fourth-order valence-corrected chi connectivity index (χ4v) is 1.56. The first kappa shape index (κ1) is 12.1. The van der Waals surface area contributed by atoms with E-state index in [4.69, 9.17) is 15.2 Å². The van der Waals surface area contributed by atoms with Crippen molar-refractivity contribution in [3.8, 4) is 0 Å². The third-order valence-corrected chi connectivity index (χ3v) is 2.35. The van der Waals surface area contributed by atoms with Gasteiger partial charge in [-0.2, -0.15) is 0 Å². The highest BCUT2D eigenvalue weighted by Crippen LogP contribution is 2.12. The number of hydrogen-bond acceptors (Lipinski definition) is 4. The summed E-state index contributed by atoms with van der Waals surface area (Å²) in [6, 6.07) is 5.83. The number of ether oxygens (including phenoxy) is 2. The summed E-state index contributed by atoms with van der Waals surface area (Å²) in [4.78, 5) is 4.25. The van der Waals surface area contributed by atoms with Gasteiger partial charge < -0.3 is 15.2 Å². The van der Waals surface area contributed by atoms with Crippen LogP contribution in [-0.4, -0.2) is 32.0 Å². The van der Waals surface area contributed by atoms with Crippen molar-refractivity contribution in [3.05, 3.63) is 30.1 Å². The Morgan fingerprint density at radius 1 is 1.33 bits per heavy atom. The van der Waals surface area contributed by atoms with Gasteiger partial charge in [-0.1, -0.05) is 6.07 Å². The minimum atomic E-state index is -0.267. The molecular weight excluding hydrogens is 192 g/mol. The Labute approximate surface area is 90.4 Å². The molecule has 1 aromatic rings. The summed E-state index contributed by atoms with van der Waals surface area (Å²) in [5.41, 5.74) is 6.69. The number of rotatable bonds is 6. The standard InChI is InChI=1S/C11H18N2O2/c1-14-11(15-2)9(8-12)7-10-5-3-4-6-13-10/h3-6,9,11H,7-8,12H2,1-2H3. The van der Waals surface area contributed by atoms with Crippen LogP contribution in [0.3, 0.4) is 0 Å². The number of hydrogen-bond donors (Lipinski definition) is 1. The molecule has 1 rings (SSSR count). The van der Waals surface area contributed by atoms with Crippen LogP contribution in [0.25, 0.3) is 0 Å². The predicted molar refractivity (Wildman–Crippen MR) is 58.3 cm³/mol. The number of nitrogens with zero attached hydrogens (tertiary/aromatic N) is 1. The lowest BCUT2D eigenvalue weighted by atomic mass is 10.0. The van der Waals surface area contributed by atoms with E-state index in [-0.39, 0.29) is 12.2 Å². The van der Waals surface area contributed by atoms with Crippen LogP contribution in [0.4, 0.5) is 0 Å². The number of pyridine rings is 1. The summed E-state index contributed by atoms with van der Waals surface area (Å²) in [7, 11) is 3.24. The zero-order valence-electron chi connectivity index (χ0n) is 9.22. The van der Waals surface area contributed by atoms with Crippen LogP contribution in [0.2, 0.25) is 0 Å². The summed E-state index contributed by atoms with van der Waals surface area (Å²) >= 11 is 0. The van der Waals surface area contributed by atoms with Gasteiger partial charge in [-0.15, -0.1) is 0 Å². The monoisotopic (exact) mass is 210 g/mol. The maximum Gasteiger partial charge on any atom is 0.161 e. The lowest BCUT2D eigenvalue weighted by Crippen LogP contribution is -2.32. The maximum absolute atomic E-state index is 5.68. The third kappa shape index (κ3) is 3.58. The molecular formula is C11H18N2O2. The van der Waals surface area contributed by atoms with Crippen molar-refractivity contribution in [1.82, 2.24) is 4.98 Å². The van der Waals surface area contributed by atoms with Crippen LogP contribution < -0.4 is 5.73 Å². The van der Waals surface area contributed by atoms with Crippen molar-refractivity contribution in [3.63, 3.8) is 0 Å². The molecule has 0 aliphatic rings. The zero-order chi connectivity index (χ0) is 11.1. The van der Waals surface area contributed by atoms with Crippen LogP contribution in [-0.2, 0) is 15.9 Å². The first-order valence-corrected chi connectivity index (χ1v) is 4.97. The van der Waals surface area contributed by atoms with Gasteiger partial charge in [0.05, 0.1) is 0 Å². The van der Waals surface area contributed by atoms with E-state index >= 15 is 0 Å². The molecule has 0 aliphatic heterocycles. The minimum Gasteiger partial charge on any atom is -0.356 e. The molecule has 1 atom stereocenters. The van der Waals surface area contributed by atoms with Crippen LogP contribution >= 0.6 is 0 Å². The quantitative estimate of drug-likeness (QED) is 0.706. The Bertz CT molecular complexity index is 263. The first-order chi connectivity index (χ1) is 7.31. The van der Waals surface area contributed by atoms with E-state index in [0.29, 0.717) is 6.54 Å². The molecule has 1 unspecified atom stereocenters. The van der Waals surface area contributed by atoms with E-state index in [0.717, 1.165) is 12.1 Å². The van der Waals surface area contributed by atoms with Gasteiger partial charge in [0, 0.05) is 38.6 Å². The largest absolute Gasteiger partial charge is 0.356 e. The molecule has 2 N–H and O–H groups in total. The molecule has 0 aliphatic carbocycles. The molecule has 15 heavy (non-hydrogen) atoms. The van der Waals surface area contributed by atoms with Gasteiger partial charge in [0.25, 0.3) is 0 Å². The molecule has 0 saturated carbocycles. The Balaban J connectivity index is 2.61. The second-order valence-electron chi connectivity index (χ2n) is 3.36. The van der Waals surface area contributed by atoms with Gasteiger partial charge in [-0.3, -0.25) is 4.98 Å². The molecule has 0 amide bonds. The van der Waals surface area contributed by atoms with Gasteiger partial charge in [0.15, 0.2) is 6.29 Å². The molecule has 0 radical (unpaired) electrons. The Morgan fingerprint density at radius 2 is 2.07 bits per heavy atom. The van der Waals surface area contributed by atoms with Crippen molar-refractivity contribution >= 4 is 0 Å². The molecule has 0 saturated heterocycles. The van der Waals surface area contributed by atoms with Crippen molar-refractivity contribution in [2.75, 3.05) is 20.8 Å². The molecule has 0 bridgehead atoms. The van der Waals surface area contributed by atoms with Crippen molar-refractivity contribution in [2.24, 2.45) is 11.7 Å². The molecule has 4 nitrogen and oxygen atoms in total. The smallest absolute Gasteiger partial charge is 0.161 e. The first-order valence-electron chi connectivity index (χ1n) is 4.97. The fourth-order valence-electron chi connectivity index (χ4n) is 1.56. The molecule has 0 spiro atoms. The number of nitrogens with two attached hydrogens (primary N) is 1. The number of aromatic nitrogens is 1. The second-order valence-corrected chi connectivity index (χ2v) is 3.36. The summed E-state index contributed by atoms with van der Waals surface area (Å²) in [5, 5.41) is 0. The SMILES string of the molecule is COC(OC)C(CN)Cc1ccccn1. The third-order valence-electron chi connectivity index (χ3n) is 2.35. The van der Waals surface area contributed by atoms with Crippen molar-refractivity contribution in [1.29, 1.82) is 0 Å². The van der Waals surface area contributed by atoms with Crippen LogP contribution in [0.1, 0.15) is 5.69 Å². The molecule has 4 heteroatoms. The van der Waals surface area contributed by atoms with E-state index in [1.807, 2.05) is 18.2 Å². The van der Waals surface area contributed by atoms with Gasteiger partial charge in [-0.25, -0.2) is 0 Å². The Morgan fingerprint density at radius 3 is 2.53 bits per heavy atom. The highest BCUT2D eigenvalue weighted by atomic mass is 16.7. The van der Waals surface area contributed by atoms with Gasteiger partial charge in [-0.05, 0) is 18.6 Å². The predicted octanol–water partition coefficient (Wildman–Crippen LogP) is 0.818. The van der Waals surface area contributed by atoms with Crippen LogP contribution in [0.15, 0.2) is 24.4 Å². The summed E-state index contributed by atoms with van der Waals surface area (Å²) in [5.74, 6) is 0.134. The van der Waals surface area contributed by atoms with Crippen LogP contribution in [0.5, 0.6) is 0 Å². The summed E-state index contributed by atoms with van der Waals surface area (Å²) in [6.45, 7) is 0.517. The van der Waals surface area contributed by atoms with Gasteiger partial charge in [0.1, 0.15) is 0 Å². The highest BCUT2D eigenvalue weighted by molar-refractivity contribution is 5.04. The lowest BCUT2D eigenvalue weighted by molar-refractivity contribution is -0.134. The van der Waals surface area contributed by atoms with Crippen molar-refractivity contribution in [2.45, 2.75) is 12.7 Å². The van der Waals surface area contributed by atoms with E-state index < -0.39 is 0 Å². The fraction of sp³-hybridized carbons (Fsp3) is 0.545. The molecule has 0 aromatic carbocycles. The van der Waals surface area contributed by atoms with Gasteiger partial charge in [0.2, 0.25) is 0 Å². The highest BCUT2D eigenvalue weighted by Gasteiger charge is 2.20. The van der Waals surface area contributed by atoms with E-state index in [1.54, 1.807) is 20.4 Å². The van der Waals surface area contributed by atoms with E-state index in [1.165, 1.54) is 0 Å². The summed E-state index contributed by atoms with van der Waals surface area (Å²) < 4.78 is 10.4. The van der Waals surface area contributed by atoms with E-state index in [9.17, 15) is 0 Å². The number of methoxy groups -OCH3 is 2. The molecule has 84 valence electrons. The minimum absolute atomic E-state index is 0.134. The normalized spacial score (nSPS) is 13.1. The average Bonchev–Trinajstić information content (AvgIpc) is 2.30. The van der Waals surface area contributed by atoms with E-state index in [2.05, 4.69) is 4.98 Å². The average molecular weight is 210 g/mol. The molecule has 1 aromatic heterocycles. The van der Waals surface area contributed by atoms with Crippen LogP contribution in [0, 0.1) is 5.92 Å².